The number of benzene rings is 1. The summed E-state index contributed by atoms with van der Waals surface area (Å²) in [5.74, 6) is -0.122. The number of hydrogen-bond donors (Lipinski definition) is 1. The molecule has 1 amide bonds. The Morgan fingerprint density at radius 2 is 2.14 bits per heavy atom. The van der Waals surface area contributed by atoms with Gasteiger partial charge in [0.05, 0.1) is 17.8 Å². The molecule has 0 fully saturated rings. The number of nitriles is 1. The SMILES string of the molecule is CC(c1cccs1)N(C)CC(=O)Nc1ccccc1C#N. The van der Waals surface area contributed by atoms with Crippen LogP contribution in [0.25, 0.3) is 0 Å². The van der Waals surface area contributed by atoms with Crippen LogP contribution < -0.4 is 5.32 Å². The molecule has 1 atom stereocenters. The summed E-state index contributed by atoms with van der Waals surface area (Å²) in [7, 11) is 1.92. The van der Waals surface area contributed by atoms with Gasteiger partial charge in [-0.05, 0) is 37.6 Å². The second-order valence-electron chi connectivity index (χ2n) is 4.81. The quantitative estimate of drug-likeness (QED) is 0.922. The van der Waals surface area contributed by atoms with E-state index in [0.29, 0.717) is 11.3 Å². The van der Waals surface area contributed by atoms with E-state index in [9.17, 15) is 4.79 Å². The van der Waals surface area contributed by atoms with E-state index in [2.05, 4.69) is 24.4 Å². The zero-order chi connectivity index (χ0) is 15.2. The lowest BCUT2D eigenvalue weighted by Crippen LogP contribution is -2.32. The number of likely N-dealkylation sites (N-methyl/N-ethyl adjacent to an activating group) is 1. The Morgan fingerprint density at radius 1 is 1.38 bits per heavy atom. The normalized spacial score (nSPS) is 11.9. The lowest BCUT2D eigenvalue weighted by Gasteiger charge is -2.23. The highest BCUT2D eigenvalue weighted by molar-refractivity contribution is 7.10. The van der Waals surface area contributed by atoms with Crippen LogP contribution in [0.15, 0.2) is 41.8 Å². The van der Waals surface area contributed by atoms with Crippen molar-refractivity contribution in [2.45, 2.75) is 13.0 Å². The van der Waals surface area contributed by atoms with Crippen molar-refractivity contribution in [2.75, 3.05) is 18.9 Å². The molecule has 0 saturated carbocycles. The maximum atomic E-state index is 12.1. The molecule has 0 aliphatic rings. The number of nitrogens with one attached hydrogen (secondary N) is 1. The molecule has 1 N–H and O–H groups in total. The molecule has 0 aliphatic carbocycles. The summed E-state index contributed by atoms with van der Waals surface area (Å²) in [4.78, 5) is 15.3. The molecule has 0 radical (unpaired) electrons. The Bertz CT molecular complexity index is 646. The Hall–Kier alpha value is -2.16. The number of carbonyl (C=O) groups is 1. The first kappa shape index (κ1) is 15.2. The van der Waals surface area contributed by atoms with Crippen LogP contribution in [0.5, 0.6) is 0 Å². The highest BCUT2D eigenvalue weighted by Crippen LogP contribution is 2.23. The molecule has 1 aromatic heterocycles. The van der Waals surface area contributed by atoms with E-state index in [1.54, 1.807) is 35.6 Å². The van der Waals surface area contributed by atoms with E-state index in [-0.39, 0.29) is 18.5 Å². The molecule has 5 heteroatoms. The second kappa shape index (κ2) is 7.02. The Balaban J connectivity index is 1.97. The van der Waals surface area contributed by atoms with Crippen LogP contribution in [0.3, 0.4) is 0 Å². The van der Waals surface area contributed by atoms with E-state index in [1.165, 1.54) is 4.88 Å². The van der Waals surface area contributed by atoms with Gasteiger partial charge in [-0.1, -0.05) is 18.2 Å². The van der Waals surface area contributed by atoms with Gasteiger partial charge in [0.1, 0.15) is 6.07 Å². The molecule has 1 unspecified atom stereocenters. The standard InChI is InChI=1S/C16H17N3OS/c1-12(15-8-5-9-21-15)19(2)11-16(20)18-14-7-4-3-6-13(14)10-17/h3-9,12H,11H2,1-2H3,(H,18,20). The minimum absolute atomic E-state index is 0.122. The predicted molar refractivity (Wildman–Crippen MR) is 85.2 cm³/mol. The molecule has 0 spiro atoms. The molecule has 0 bridgehead atoms. The number of hydrogen-bond acceptors (Lipinski definition) is 4. The smallest absolute Gasteiger partial charge is 0.238 e. The average molecular weight is 299 g/mol. The monoisotopic (exact) mass is 299 g/mol. The van der Waals surface area contributed by atoms with Crippen LogP contribution in [0.1, 0.15) is 23.4 Å². The number of amides is 1. The minimum atomic E-state index is -0.122. The Kier molecular flexibility index (Phi) is 5.09. The zero-order valence-corrected chi connectivity index (χ0v) is 12.9. The first-order valence-corrected chi connectivity index (χ1v) is 7.52. The minimum Gasteiger partial charge on any atom is -0.324 e. The molecule has 0 aliphatic heterocycles. The molecule has 1 aromatic carbocycles. The van der Waals surface area contributed by atoms with E-state index >= 15 is 0 Å². The summed E-state index contributed by atoms with van der Waals surface area (Å²) in [5, 5.41) is 13.8. The Morgan fingerprint density at radius 3 is 2.81 bits per heavy atom. The second-order valence-corrected chi connectivity index (χ2v) is 5.79. The van der Waals surface area contributed by atoms with E-state index in [1.807, 2.05) is 23.4 Å². The third-order valence-corrected chi connectivity index (χ3v) is 4.37. The number of nitrogens with zero attached hydrogens (tertiary/aromatic N) is 2. The lowest BCUT2D eigenvalue weighted by molar-refractivity contribution is -0.117. The number of para-hydroxylation sites is 1. The third kappa shape index (κ3) is 3.91. The van der Waals surface area contributed by atoms with Crippen molar-refractivity contribution in [2.24, 2.45) is 0 Å². The third-order valence-electron chi connectivity index (χ3n) is 3.33. The van der Waals surface area contributed by atoms with Gasteiger partial charge in [0.15, 0.2) is 0 Å². The van der Waals surface area contributed by atoms with Crippen molar-refractivity contribution in [1.29, 1.82) is 5.26 Å². The maximum absolute atomic E-state index is 12.1. The fourth-order valence-electron chi connectivity index (χ4n) is 1.99. The molecule has 2 rings (SSSR count). The highest BCUT2D eigenvalue weighted by atomic mass is 32.1. The molecule has 2 aromatic rings. The Labute approximate surface area is 128 Å². The van der Waals surface area contributed by atoms with Gasteiger partial charge < -0.3 is 5.32 Å². The fourth-order valence-corrected chi connectivity index (χ4v) is 2.84. The first-order chi connectivity index (χ1) is 10.1. The van der Waals surface area contributed by atoms with Crippen molar-refractivity contribution in [3.05, 3.63) is 52.2 Å². The topological polar surface area (TPSA) is 56.1 Å². The van der Waals surface area contributed by atoms with Crippen molar-refractivity contribution in [3.8, 4) is 6.07 Å². The number of thiophene rings is 1. The molecular formula is C16H17N3OS. The van der Waals surface area contributed by atoms with Crippen molar-refractivity contribution >= 4 is 22.9 Å². The van der Waals surface area contributed by atoms with Gasteiger partial charge in [-0.15, -0.1) is 11.3 Å². The number of anilines is 1. The van der Waals surface area contributed by atoms with E-state index in [0.717, 1.165) is 0 Å². The molecular weight excluding hydrogens is 282 g/mol. The van der Waals surface area contributed by atoms with Gasteiger partial charge in [-0.3, -0.25) is 9.69 Å². The predicted octanol–water partition coefficient (Wildman–Crippen LogP) is 3.25. The van der Waals surface area contributed by atoms with Gasteiger partial charge in [0.2, 0.25) is 5.91 Å². The van der Waals surface area contributed by atoms with Crippen LogP contribution >= 0.6 is 11.3 Å². The number of carbonyl (C=O) groups excluding carboxylic acids is 1. The molecule has 108 valence electrons. The summed E-state index contributed by atoms with van der Waals surface area (Å²) in [6.07, 6.45) is 0. The van der Waals surface area contributed by atoms with Crippen LogP contribution in [0, 0.1) is 11.3 Å². The zero-order valence-electron chi connectivity index (χ0n) is 12.0. The van der Waals surface area contributed by atoms with Crippen molar-refractivity contribution < 1.29 is 4.79 Å². The number of rotatable bonds is 5. The van der Waals surface area contributed by atoms with Gasteiger partial charge >= 0.3 is 0 Å². The van der Waals surface area contributed by atoms with Crippen LogP contribution in [0.4, 0.5) is 5.69 Å². The van der Waals surface area contributed by atoms with Crippen LogP contribution in [-0.2, 0) is 4.79 Å². The van der Waals surface area contributed by atoms with E-state index in [4.69, 9.17) is 5.26 Å². The van der Waals surface area contributed by atoms with Gasteiger partial charge in [0.25, 0.3) is 0 Å². The molecule has 21 heavy (non-hydrogen) atoms. The summed E-state index contributed by atoms with van der Waals surface area (Å²) in [6.45, 7) is 2.35. The molecule has 1 heterocycles. The molecule has 4 nitrogen and oxygen atoms in total. The maximum Gasteiger partial charge on any atom is 0.238 e. The summed E-state index contributed by atoms with van der Waals surface area (Å²) in [6, 6.07) is 13.3. The summed E-state index contributed by atoms with van der Waals surface area (Å²) >= 11 is 1.68. The van der Waals surface area contributed by atoms with Gasteiger partial charge in [0, 0.05) is 10.9 Å². The van der Waals surface area contributed by atoms with Crippen LogP contribution in [-0.4, -0.2) is 24.4 Å². The first-order valence-electron chi connectivity index (χ1n) is 6.64. The summed E-state index contributed by atoms with van der Waals surface area (Å²) in [5.41, 5.74) is 1.03. The van der Waals surface area contributed by atoms with Crippen molar-refractivity contribution in [3.63, 3.8) is 0 Å². The van der Waals surface area contributed by atoms with E-state index < -0.39 is 0 Å². The fraction of sp³-hybridized carbons (Fsp3) is 0.250. The summed E-state index contributed by atoms with van der Waals surface area (Å²) < 4.78 is 0. The van der Waals surface area contributed by atoms with Crippen molar-refractivity contribution in [1.82, 2.24) is 4.90 Å². The average Bonchev–Trinajstić information content (AvgIpc) is 3.01. The highest BCUT2D eigenvalue weighted by Gasteiger charge is 2.16. The lowest BCUT2D eigenvalue weighted by atomic mass is 10.2. The van der Waals surface area contributed by atoms with Crippen LogP contribution in [0.2, 0.25) is 0 Å². The molecule has 0 saturated heterocycles. The largest absolute Gasteiger partial charge is 0.324 e. The van der Waals surface area contributed by atoms with Gasteiger partial charge in [-0.2, -0.15) is 5.26 Å². The van der Waals surface area contributed by atoms with Gasteiger partial charge in [-0.25, -0.2) is 0 Å².